The number of anilines is 1. The van der Waals surface area contributed by atoms with Gasteiger partial charge in [0.2, 0.25) is 10.0 Å². The van der Waals surface area contributed by atoms with Crippen molar-refractivity contribution in [2.45, 2.75) is 24.7 Å². The van der Waals surface area contributed by atoms with Gasteiger partial charge in [-0.25, -0.2) is 18.1 Å². The fraction of sp³-hybridized carbons (Fsp3) is 0.444. The van der Waals surface area contributed by atoms with Gasteiger partial charge >= 0.3 is 0 Å². The zero-order valence-corrected chi connectivity index (χ0v) is 9.42. The molecule has 0 aliphatic heterocycles. The van der Waals surface area contributed by atoms with Crippen LogP contribution >= 0.6 is 0 Å². The minimum absolute atomic E-state index is 0.0292. The molecule has 5 nitrogen and oxygen atoms in total. The van der Waals surface area contributed by atoms with Gasteiger partial charge in [0.25, 0.3) is 0 Å². The summed E-state index contributed by atoms with van der Waals surface area (Å²) in [5.74, 6) is 0.0292. The predicted molar refractivity (Wildman–Crippen MR) is 58.7 cm³/mol. The maximum atomic E-state index is 11.7. The van der Waals surface area contributed by atoms with E-state index in [1.165, 1.54) is 12.3 Å². The van der Waals surface area contributed by atoms with E-state index in [0.717, 1.165) is 12.8 Å². The molecular weight excluding hydrogens is 214 g/mol. The number of nitrogens with one attached hydrogen (secondary N) is 1. The fourth-order valence-corrected chi connectivity index (χ4v) is 2.25. The van der Waals surface area contributed by atoms with Gasteiger partial charge < -0.3 is 5.73 Å². The Bertz CT molecular complexity index is 417. The molecule has 6 heteroatoms. The molecular formula is C9H15N3O2S. The average Bonchev–Trinajstić information content (AvgIpc) is 2.18. The van der Waals surface area contributed by atoms with Crippen LogP contribution in [0.25, 0.3) is 0 Å². The molecule has 1 aromatic heterocycles. The number of nitrogen functional groups attached to an aromatic ring is 1. The van der Waals surface area contributed by atoms with E-state index in [-0.39, 0.29) is 10.7 Å². The molecule has 0 saturated carbocycles. The van der Waals surface area contributed by atoms with Crippen molar-refractivity contribution in [2.75, 3.05) is 12.3 Å². The van der Waals surface area contributed by atoms with Gasteiger partial charge in [-0.15, -0.1) is 0 Å². The summed E-state index contributed by atoms with van der Waals surface area (Å²) in [6.07, 6.45) is 3.20. The predicted octanol–water partition coefficient (Wildman–Crippen LogP) is 0.742. The van der Waals surface area contributed by atoms with Crippen molar-refractivity contribution in [1.29, 1.82) is 0 Å². The topological polar surface area (TPSA) is 85.1 Å². The smallest absolute Gasteiger partial charge is 0.244 e. The zero-order valence-electron chi connectivity index (χ0n) is 8.60. The molecule has 3 N–H and O–H groups in total. The van der Waals surface area contributed by atoms with E-state index in [1.807, 2.05) is 6.92 Å². The van der Waals surface area contributed by atoms with Crippen molar-refractivity contribution in [3.63, 3.8) is 0 Å². The number of sulfonamides is 1. The molecule has 0 atom stereocenters. The van der Waals surface area contributed by atoms with Crippen LogP contribution < -0.4 is 10.5 Å². The second-order valence-corrected chi connectivity index (χ2v) is 4.87. The molecule has 84 valence electrons. The summed E-state index contributed by atoms with van der Waals surface area (Å²) in [6, 6.07) is 2.99. The quantitative estimate of drug-likeness (QED) is 0.729. The summed E-state index contributed by atoms with van der Waals surface area (Å²) in [6.45, 7) is 2.42. The highest BCUT2D eigenvalue weighted by molar-refractivity contribution is 7.89. The number of aromatic nitrogens is 1. The van der Waals surface area contributed by atoms with E-state index < -0.39 is 10.0 Å². The van der Waals surface area contributed by atoms with Gasteiger partial charge in [-0.05, 0) is 18.6 Å². The number of hydrogen-bond donors (Lipinski definition) is 2. The number of nitrogens with two attached hydrogens (primary N) is 1. The lowest BCUT2D eigenvalue weighted by Crippen LogP contribution is -2.25. The molecule has 0 saturated heterocycles. The lowest BCUT2D eigenvalue weighted by molar-refractivity contribution is 0.578. The van der Waals surface area contributed by atoms with Crippen LogP contribution in [0.2, 0.25) is 0 Å². The van der Waals surface area contributed by atoms with Gasteiger partial charge in [0.15, 0.2) is 0 Å². The van der Waals surface area contributed by atoms with Crippen molar-refractivity contribution in [3.8, 4) is 0 Å². The fourth-order valence-electron chi connectivity index (χ4n) is 1.09. The molecule has 0 unspecified atom stereocenters. The largest absolute Gasteiger partial charge is 0.383 e. The summed E-state index contributed by atoms with van der Waals surface area (Å²) in [7, 11) is -3.50. The Kier molecular flexibility index (Phi) is 4.05. The standard InChI is InChI=1S/C9H15N3O2S/c1-2-3-7-12-15(13,14)8-5-4-6-11-9(8)10/h4-6,12H,2-3,7H2,1H3,(H2,10,11). The maximum Gasteiger partial charge on any atom is 0.244 e. The van der Waals surface area contributed by atoms with Crippen molar-refractivity contribution < 1.29 is 8.42 Å². The SMILES string of the molecule is CCCCNS(=O)(=O)c1cccnc1N. The van der Waals surface area contributed by atoms with Gasteiger partial charge in [0.1, 0.15) is 10.7 Å². The second kappa shape index (κ2) is 5.09. The molecule has 0 aliphatic carbocycles. The molecule has 0 radical (unpaired) electrons. The monoisotopic (exact) mass is 229 g/mol. The Hall–Kier alpha value is -1.14. The first-order chi connectivity index (χ1) is 7.08. The summed E-state index contributed by atoms with van der Waals surface area (Å²) >= 11 is 0. The summed E-state index contributed by atoms with van der Waals surface area (Å²) in [5.41, 5.74) is 5.48. The van der Waals surface area contributed by atoms with Crippen LogP contribution in [-0.2, 0) is 10.0 Å². The van der Waals surface area contributed by atoms with E-state index in [4.69, 9.17) is 5.73 Å². The lowest BCUT2D eigenvalue weighted by Gasteiger charge is -2.07. The third kappa shape index (κ3) is 3.17. The van der Waals surface area contributed by atoms with Gasteiger partial charge in [0.05, 0.1) is 0 Å². The molecule has 1 rings (SSSR count). The van der Waals surface area contributed by atoms with Crippen molar-refractivity contribution in [3.05, 3.63) is 18.3 Å². The number of rotatable bonds is 5. The van der Waals surface area contributed by atoms with Crippen LogP contribution in [-0.4, -0.2) is 19.9 Å². The molecule has 15 heavy (non-hydrogen) atoms. The Balaban J connectivity index is 2.83. The third-order valence-electron chi connectivity index (χ3n) is 1.91. The molecule has 1 heterocycles. The van der Waals surface area contributed by atoms with E-state index in [1.54, 1.807) is 6.07 Å². The lowest BCUT2D eigenvalue weighted by atomic mass is 10.3. The number of pyridine rings is 1. The Morgan fingerprint density at radius 1 is 1.53 bits per heavy atom. The van der Waals surface area contributed by atoms with E-state index in [9.17, 15) is 8.42 Å². The van der Waals surface area contributed by atoms with E-state index in [0.29, 0.717) is 6.54 Å². The first-order valence-electron chi connectivity index (χ1n) is 4.78. The Morgan fingerprint density at radius 2 is 2.27 bits per heavy atom. The van der Waals surface area contributed by atoms with Crippen LogP contribution in [0, 0.1) is 0 Å². The van der Waals surface area contributed by atoms with E-state index in [2.05, 4.69) is 9.71 Å². The van der Waals surface area contributed by atoms with Crippen LogP contribution in [0.15, 0.2) is 23.2 Å². The normalized spacial score (nSPS) is 11.5. The Morgan fingerprint density at radius 3 is 2.87 bits per heavy atom. The van der Waals surface area contributed by atoms with Crippen LogP contribution in [0.3, 0.4) is 0 Å². The number of hydrogen-bond acceptors (Lipinski definition) is 4. The minimum Gasteiger partial charge on any atom is -0.383 e. The van der Waals surface area contributed by atoms with Crippen LogP contribution in [0.1, 0.15) is 19.8 Å². The third-order valence-corrected chi connectivity index (χ3v) is 3.42. The molecule has 0 aliphatic rings. The number of unbranched alkanes of at least 4 members (excludes halogenated alkanes) is 1. The Labute approximate surface area is 89.8 Å². The van der Waals surface area contributed by atoms with Crippen LogP contribution in [0.4, 0.5) is 5.82 Å². The highest BCUT2D eigenvalue weighted by atomic mass is 32.2. The summed E-state index contributed by atoms with van der Waals surface area (Å²) in [5, 5.41) is 0. The molecule has 0 amide bonds. The zero-order chi connectivity index (χ0) is 11.3. The summed E-state index contributed by atoms with van der Waals surface area (Å²) < 4.78 is 25.9. The highest BCUT2D eigenvalue weighted by Crippen LogP contribution is 2.13. The van der Waals surface area contributed by atoms with Crippen molar-refractivity contribution >= 4 is 15.8 Å². The van der Waals surface area contributed by atoms with Crippen molar-refractivity contribution in [1.82, 2.24) is 9.71 Å². The first-order valence-corrected chi connectivity index (χ1v) is 6.26. The van der Waals surface area contributed by atoms with E-state index >= 15 is 0 Å². The first kappa shape index (κ1) is 11.9. The van der Waals surface area contributed by atoms with Crippen molar-refractivity contribution in [2.24, 2.45) is 0 Å². The van der Waals surface area contributed by atoms with Gasteiger partial charge in [-0.3, -0.25) is 0 Å². The second-order valence-electron chi connectivity index (χ2n) is 3.14. The average molecular weight is 229 g/mol. The summed E-state index contributed by atoms with van der Waals surface area (Å²) in [4.78, 5) is 3.77. The minimum atomic E-state index is -3.50. The molecule has 1 aromatic rings. The molecule has 0 spiro atoms. The van der Waals surface area contributed by atoms with Gasteiger partial charge in [-0.2, -0.15) is 0 Å². The van der Waals surface area contributed by atoms with Gasteiger partial charge in [0, 0.05) is 12.7 Å². The molecule has 0 aromatic carbocycles. The molecule has 0 bridgehead atoms. The van der Waals surface area contributed by atoms with Crippen LogP contribution in [0.5, 0.6) is 0 Å². The van der Waals surface area contributed by atoms with Gasteiger partial charge in [-0.1, -0.05) is 13.3 Å². The maximum absolute atomic E-state index is 11.7. The number of nitrogens with zero attached hydrogens (tertiary/aromatic N) is 1. The molecule has 0 fully saturated rings. The highest BCUT2D eigenvalue weighted by Gasteiger charge is 2.16.